The van der Waals surface area contributed by atoms with Gasteiger partial charge in [-0.05, 0) is 38.1 Å². The van der Waals surface area contributed by atoms with Crippen LogP contribution in [0.3, 0.4) is 0 Å². The first-order valence-corrected chi connectivity index (χ1v) is 8.96. The Balaban J connectivity index is 1.80. The van der Waals surface area contributed by atoms with Gasteiger partial charge >= 0.3 is 0 Å². The number of halogens is 1. The Morgan fingerprint density at radius 1 is 1.19 bits per heavy atom. The van der Waals surface area contributed by atoms with Crippen molar-refractivity contribution in [2.45, 2.75) is 25.9 Å². The number of para-hydroxylation sites is 2. The minimum atomic E-state index is -0.943. The van der Waals surface area contributed by atoms with Crippen molar-refractivity contribution in [1.82, 2.24) is 0 Å². The van der Waals surface area contributed by atoms with Gasteiger partial charge in [-0.1, -0.05) is 35.9 Å². The molecule has 0 radical (unpaired) electrons. The molecule has 6 heteroatoms. The number of nitrogens with one attached hydrogen (secondary N) is 2. The van der Waals surface area contributed by atoms with Crippen LogP contribution in [0.5, 0.6) is 0 Å². The van der Waals surface area contributed by atoms with E-state index in [1.165, 1.54) is 0 Å². The number of quaternary nitrogens is 1. The summed E-state index contributed by atoms with van der Waals surface area (Å²) in [6.45, 7) is 4.48. The smallest absolute Gasteiger partial charge is 0.283 e. The molecule has 2 N–H and O–H groups in total. The number of carbonyl (C=O) groups is 2. The molecular formula is C20H23ClN3O2+. The molecule has 3 rings (SSSR count). The molecule has 1 unspecified atom stereocenters. The van der Waals surface area contributed by atoms with Gasteiger partial charge in [-0.15, -0.1) is 0 Å². The van der Waals surface area contributed by atoms with Gasteiger partial charge in [0.25, 0.3) is 5.91 Å². The molecule has 0 aliphatic carbocycles. The Hall–Kier alpha value is -2.37. The standard InChI is InChI=1S/C20H22ClN3O2/c1-20(2)19(26)22-16-9-4-5-10-17(16)24(20)18(25)13-23(3)12-14-7-6-8-15(21)11-14/h4-11H,12-13H2,1-3H3,(H,22,26)/p+1. The molecule has 1 aliphatic rings. The molecule has 0 saturated heterocycles. The zero-order valence-corrected chi connectivity index (χ0v) is 15.9. The van der Waals surface area contributed by atoms with Crippen LogP contribution in [0.25, 0.3) is 0 Å². The van der Waals surface area contributed by atoms with Crippen molar-refractivity contribution in [3.8, 4) is 0 Å². The molecule has 5 nitrogen and oxygen atoms in total. The lowest BCUT2D eigenvalue weighted by molar-refractivity contribution is -0.885. The molecule has 26 heavy (non-hydrogen) atoms. The van der Waals surface area contributed by atoms with E-state index in [-0.39, 0.29) is 18.4 Å². The number of hydrogen-bond acceptors (Lipinski definition) is 2. The van der Waals surface area contributed by atoms with Crippen molar-refractivity contribution in [2.24, 2.45) is 0 Å². The highest BCUT2D eigenvalue weighted by Crippen LogP contribution is 2.36. The molecule has 0 aromatic heterocycles. The van der Waals surface area contributed by atoms with Crippen LogP contribution >= 0.6 is 11.6 Å². The largest absolute Gasteiger partial charge is 0.326 e. The van der Waals surface area contributed by atoms with Gasteiger partial charge in [0.15, 0.2) is 6.54 Å². The minimum absolute atomic E-state index is 0.0863. The van der Waals surface area contributed by atoms with E-state index >= 15 is 0 Å². The Labute approximate surface area is 158 Å². The third-order valence-corrected chi connectivity index (χ3v) is 4.84. The molecule has 1 atom stereocenters. The number of amides is 2. The molecule has 0 bridgehead atoms. The second-order valence-electron chi connectivity index (χ2n) is 7.20. The predicted octanol–water partition coefficient (Wildman–Crippen LogP) is 2.12. The van der Waals surface area contributed by atoms with Crippen LogP contribution in [0.15, 0.2) is 48.5 Å². The molecule has 0 fully saturated rings. The Bertz CT molecular complexity index is 850. The van der Waals surface area contributed by atoms with Gasteiger partial charge in [-0.2, -0.15) is 0 Å². The highest BCUT2D eigenvalue weighted by atomic mass is 35.5. The van der Waals surface area contributed by atoms with Crippen molar-refractivity contribution in [3.63, 3.8) is 0 Å². The maximum Gasteiger partial charge on any atom is 0.283 e. The third-order valence-electron chi connectivity index (χ3n) is 4.61. The molecule has 0 saturated carbocycles. The zero-order valence-electron chi connectivity index (χ0n) is 15.2. The minimum Gasteiger partial charge on any atom is -0.326 e. The van der Waals surface area contributed by atoms with Gasteiger partial charge in [0.05, 0.1) is 18.4 Å². The normalized spacial score (nSPS) is 16.6. The molecule has 2 aromatic rings. The van der Waals surface area contributed by atoms with E-state index in [1.807, 2.05) is 55.6 Å². The number of nitrogens with zero attached hydrogens (tertiary/aromatic N) is 1. The predicted molar refractivity (Wildman–Crippen MR) is 104 cm³/mol. The van der Waals surface area contributed by atoms with Crippen molar-refractivity contribution in [1.29, 1.82) is 0 Å². The summed E-state index contributed by atoms with van der Waals surface area (Å²) in [7, 11) is 1.96. The first-order chi connectivity index (χ1) is 12.3. The lowest BCUT2D eigenvalue weighted by atomic mass is 9.96. The van der Waals surface area contributed by atoms with E-state index < -0.39 is 5.54 Å². The average molecular weight is 373 g/mol. The number of carbonyl (C=O) groups excluding carboxylic acids is 2. The fourth-order valence-electron chi connectivity index (χ4n) is 3.29. The van der Waals surface area contributed by atoms with Gasteiger partial charge < -0.3 is 10.2 Å². The van der Waals surface area contributed by atoms with Crippen LogP contribution < -0.4 is 15.1 Å². The van der Waals surface area contributed by atoms with Crippen LogP contribution in [0.2, 0.25) is 5.02 Å². The Kier molecular flexibility index (Phi) is 5.03. The summed E-state index contributed by atoms with van der Waals surface area (Å²) in [6.07, 6.45) is 0. The average Bonchev–Trinajstić information content (AvgIpc) is 2.55. The number of benzene rings is 2. The highest BCUT2D eigenvalue weighted by Gasteiger charge is 2.44. The van der Waals surface area contributed by atoms with Crippen LogP contribution in [0.1, 0.15) is 19.4 Å². The van der Waals surface area contributed by atoms with Crippen molar-refractivity contribution in [2.75, 3.05) is 23.8 Å². The van der Waals surface area contributed by atoms with Crippen LogP contribution in [0, 0.1) is 0 Å². The molecule has 2 amide bonds. The van der Waals surface area contributed by atoms with E-state index in [2.05, 4.69) is 5.32 Å². The topological polar surface area (TPSA) is 53.9 Å². The number of likely N-dealkylation sites (N-methyl/N-ethyl adjacent to an activating group) is 1. The molecule has 0 spiro atoms. The van der Waals surface area contributed by atoms with Crippen molar-refractivity contribution in [3.05, 3.63) is 59.1 Å². The second-order valence-corrected chi connectivity index (χ2v) is 7.64. The molecule has 1 heterocycles. The number of anilines is 2. The second kappa shape index (κ2) is 7.09. The number of rotatable bonds is 4. The summed E-state index contributed by atoms with van der Waals surface area (Å²) >= 11 is 6.04. The van der Waals surface area contributed by atoms with Crippen LogP contribution in [-0.2, 0) is 16.1 Å². The maximum atomic E-state index is 13.1. The maximum absolute atomic E-state index is 13.1. The summed E-state index contributed by atoms with van der Waals surface area (Å²) in [5.74, 6) is -0.270. The van der Waals surface area contributed by atoms with Crippen LogP contribution in [-0.4, -0.2) is 30.9 Å². The quantitative estimate of drug-likeness (QED) is 0.863. The lowest BCUT2D eigenvalue weighted by Gasteiger charge is -2.42. The monoisotopic (exact) mass is 372 g/mol. The summed E-state index contributed by atoms with van der Waals surface area (Å²) < 4.78 is 0. The summed E-state index contributed by atoms with van der Waals surface area (Å²) in [6, 6.07) is 15.0. The van der Waals surface area contributed by atoms with Gasteiger partial charge in [-0.25, -0.2) is 0 Å². The summed E-state index contributed by atoms with van der Waals surface area (Å²) in [4.78, 5) is 28.2. The lowest BCUT2D eigenvalue weighted by Crippen LogP contribution is -3.09. The van der Waals surface area contributed by atoms with Gasteiger partial charge in [0, 0.05) is 10.6 Å². The first kappa shape index (κ1) is 18.4. The summed E-state index contributed by atoms with van der Waals surface area (Å²) in [5.41, 5.74) is 1.52. The Morgan fingerprint density at radius 3 is 2.65 bits per heavy atom. The van der Waals surface area contributed by atoms with E-state index in [9.17, 15) is 9.59 Å². The van der Waals surface area contributed by atoms with E-state index in [0.717, 1.165) is 16.2 Å². The van der Waals surface area contributed by atoms with E-state index in [1.54, 1.807) is 18.7 Å². The SMILES string of the molecule is C[NH+](CC(=O)N1c2ccccc2NC(=O)C1(C)C)Cc1cccc(Cl)c1. The highest BCUT2D eigenvalue weighted by molar-refractivity contribution is 6.30. The fraction of sp³-hybridized carbons (Fsp3) is 0.300. The van der Waals surface area contributed by atoms with E-state index in [0.29, 0.717) is 17.3 Å². The molecular weight excluding hydrogens is 350 g/mol. The summed E-state index contributed by atoms with van der Waals surface area (Å²) in [5, 5.41) is 3.56. The van der Waals surface area contributed by atoms with Crippen LogP contribution in [0.4, 0.5) is 11.4 Å². The number of hydrogen-bond donors (Lipinski definition) is 2. The number of fused-ring (bicyclic) bond motifs is 1. The van der Waals surface area contributed by atoms with Gasteiger partial charge in [0.1, 0.15) is 12.1 Å². The zero-order chi connectivity index (χ0) is 18.9. The fourth-order valence-corrected chi connectivity index (χ4v) is 3.51. The van der Waals surface area contributed by atoms with Crippen molar-refractivity contribution >= 4 is 34.8 Å². The molecule has 1 aliphatic heterocycles. The Morgan fingerprint density at radius 2 is 1.92 bits per heavy atom. The van der Waals surface area contributed by atoms with Gasteiger partial charge in [-0.3, -0.25) is 14.5 Å². The van der Waals surface area contributed by atoms with Gasteiger partial charge in [0.2, 0.25) is 5.91 Å². The molecule has 2 aromatic carbocycles. The first-order valence-electron chi connectivity index (χ1n) is 8.58. The van der Waals surface area contributed by atoms with E-state index in [4.69, 9.17) is 11.6 Å². The van der Waals surface area contributed by atoms with Crippen molar-refractivity contribution < 1.29 is 14.5 Å². The third kappa shape index (κ3) is 3.59. The molecule has 136 valence electrons.